The van der Waals surface area contributed by atoms with Crippen LogP contribution in [0.4, 0.5) is 10.5 Å². The van der Waals surface area contributed by atoms with Crippen LogP contribution in [0.3, 0.4) is 0 Å². The Morgan fingerprint density at radius 3 is 2.44 bits per heavy atom. The summed E-state index contributed by atoms with van der Waals surface area (Å²) in [6.45, 7) is 7.40. The van der Waals surface area contributed by atoms with Crippen molar-refractivity contribution in [1.82, 2.24) is 15.1 Å². The number of hydrogen-bond donors (Lipinski definition) is 3. The smallest absolute Gasteiger partial charge is 0.342 e. The Kier molecular flexibility index (Phi) is 5.21. The maximum atomic E-state index is 12.5. The lowest BCUT2D eigenvalue weighted by molar-refractivity contribution is -0.118. The minimum atomic E-state index is -0.265. The third kappa shape index (κ3) is 4.30. The normalized spacial score (nSPS) is 13.9. The minimum absolute atomic E-state index is 0.00724. The first-order valence-corrected chi connectivity index (χ1v) is 9.31. The van der Waals surface area contributed by atoms with Crippen molar-refractivity contribution >= 4 is 17.6 Å². The summed E-state index contributed by atoms with van der Waals surface area (Å²) < 4.78 is 1.40. The van der Waals surface area contributed by atoms with Crippen LogP contribution in [0.5, 0.6) is 5.75 Å². The summed E-state index contributed by atoms with van der Waals surface area (Å²) in [6.07, 6.45) is 2.07. The second-order valence-electron chi connectivity index (χ2n) is 7.62. The van der Waals surface area contributed by atoms with E-state index < -0.39 is 0 Å². The zero-order valence-corrected chi connectivity index (χ0v) is 16.1. The highest BCUT2D eigenvalue weighted by atomic mass is 16.3. The number of rotatable bonds is 5. The molecule has 2 aromatic rings. The number of nitrogens with one attached hydrogen (secondary N) is 2. The van der Waals surface area contributed by atoms with Crippen LogP contribution in [0.15, 0.2) is 24.3 Å². The fraction of sp³-hybridized carbons (Fsp3) is 0.450. The van der Waals surface area contributed by atoms with Gasteiger partial charge >= 0.3 is 6.03 Å². The highest BCUT2D eigenvalue weighted by Crippen LogP contribution is 2.42. The first-order chi connectivity index (χ1) is 12.8. The van der Waals surface area contributed by atoms with Gasteiger partial charge in [0.1, 0.15) is 5.75 Å². The van der Waals surface area contributed by atoms with Crippen LogP contribution < -0.4 is 10.6 Å². The van der Waals surface area contributed by atoms with Crippen LogP contribution in [-0.2, 0) is 4.79 Å². The van der Waals surface area contributed by atoms with Gasteiger partial charge in [-0.3, -0.25) is 4.79 Å². The predicted molar refractivity (Wildman–Crippen MR) is 104 cm³/mol. The number of nitrogens with zero attached hydrogens (tertiary/aromatic N) is 2. The number of hydrogen-bond acceptors (Lipinski definition) is 4. The monoisotopic (exact) mass is 370 g/mol. The van der Waals surface area contributed by atoms with Gasteiger partial charge < -0.3 is 15.7 Å². The molecular formula is C20H26N4O3. The fourth-order valence-corrected chi connectivity index (χ4v) is 2.78. The van der Waals surface area contributed by atoms with Crippen molar-refractivity contribution in [1.29, 1.82) is 0 Å². The second-order valence-corrected chi connectivity index (χ2v) is 7.62. The van der Waals surface area contributed by atoms with Gasteiger partial charge in [0.05, 0.1) is 11.4 Å². The third-order valence-electron chi connectivity index (χ3n) is 4.40. The maximum Gasteiger partial charge on any atom is 0.342 e. The quantitative estimate of drug-likeness (QED) is 0.748. The number of benzene rings is 1. The molecule has 0 aliphatic heterocycles. The molecule has 1 aromatic heterocycles. The van der Waals surface area contributed by atoms with Gasteiger partial charge in [0.25, 0.3) is 0 Å². The molecule has 3 N–H and O–H groups in total. The number of aromatic hydroxyl groups is 1. The Balaban J connectivity index is 1.90. The molecule has 1 heterocycles. The second kappa shape index (κ2) is 7.42. The Morgan fingerprint density at radius 1 is 1.19 bits per heavy atom. The van der Waals surface area contributed by atoms with E-state index in [4.69, 9.17) is 0 Å². The van der Waals surface area contributed by atoms with Crippen LogP contribution in [-0.4, -0.2) is 32.9 Å². The van der Waals surface area contributed by atoms with Crippen molar-refractivity contribution < 1.29 is 14.7 Å². The topological polar surface area (TPSA) is 96.3 Å². The van der Waals surface area contributed by atoms with Gasteiger partial charge in [-0.25, -0.2) is 4.79 Å². The molecule has 0 saturated heterocycles. The van der Waals surface area contributed by atoms with Crippen LogP contribution in [0.2, 0.25) is 0 Å². The van der Waals surface area contributed by atoms with Gasteiger partial charge in [-0.05, 0) is 44.9 Å². The van der Waals surface area contributed by atoms with Crippen molar-refractivity contribution in [3.63, 3.8) is 0 Å². The number of anilines is 1. The van der Waals surface area contributed by atoms with Gasteiger partial charge in [-0.15, -0.1) is 0 Å². The Hall–Kier alpha value is -2.83. The van der Waals surface area contributed by atoms with Gasteiger partial charge in [0.2, 0.25) is 5.91 Å². The van der Waals surface area contributed by atoms with E-state index in [9.17, 15) is 14.7 Å². The minimum Gasteiger partial charge on any atom is -0.507 e. The van der Waals surface area contributed by atoms with Crippen LogP contribution in [0, 0.1) is 5.92 Å². The van der Waals surface area contributed by atoms with Crippen LogP contribution >= 0.6 is 0 Å². The SMILES string of the molecule is CC(C)NC(=O)n1nc(-c2ccc(NC(=O)C(C)C)cc2O)cc1C1CC1. The fourth-order valence-electron chi connectivity index (χ4n) is 2.78. The van der Waals surface area contributed by atoms with Crippen molar-refractivity contribution in [3.05, 3.63) is 30.0 Å². The lowest BCUT2D eigenvalue weighted by atomic mass is 10.1. The van der Waals surface area contributed by atoms with Crippen molar-refractivity contribution in [3.8, 4) is 17.0 Å². The molecule has 144 valence electrons. The molecule has 0 spiro atoms. The van der Waals surface area contributed by atoms with E-state index in [1.165, 1.54) is 10.7 Å². The highest BCUT2D eigenvalue weighted by molar-refractivity contribution is 5.92. The molecule has 7 nitrogen and oxygen atoms in total. The van der Waals surface area contributed by atoms with E-state index in [0.717, 1.165) is 18.5 Å². The van der Waals surface area contributed by atoms with E-state index in [2.05, 4.69) is 15.7 Å². The van der Waals surface area contributed by atoms with Gasteiger partial charge in [-0.1, -0.05) is 13.8 Å². The molecule has 1 fully saturated rings. The average Bonchev–Trinajstić information content (AvgIpc) is 3.33. The van der Waals surface area contributed by atoms with Gasteiger partial charge in [0.15, 0.2) is 0 Å². The molecule has 0 unspecified atom stereocenters. The third-order valence-corrected chi connectivity index (χ3v) is 4.40. The Morgan fingerprint density at radius 2 is 1.89 bits per heavy atom. The van der Waals surface area contributed by atoms with Crippen molar-refractivity contribution in [2.75, 3.05) is 5.32 Å². The molecule has 1 aromatic carbocycles. The summed E-state index contributed by atoms with van der Waals surface area (Å²) in [6, 6.07) is 6.53. The van der Waals surface area contributed by atoms with Gasteiger partial charge in [0, 0.05) is 35.2 Å². The Bertz CT molecular complexity index is 866. The number of carbonyl (C=O) groups excluding carboxylic acids is 2. The summed E-state index contributed by atoms with van der Waals surface area (Å²) in [7, 11) is 0. The molecule has 7 heteroatoms. The molecular weight excluding hydrogens is 344 g/mol. The number of phenols is 1. The molecule has 2 amide bonds. The van der Waals surface area contributed by atoms with E-state index in [-0.39, 0.29) is 29.6 Å². The van der Waals surface area contributed by atoms with E-state index in [0.29, 0.717) is 22.9 Å². The summed E-state index contributed by atoms with van der Waals surface area (Å²) in [5.74, 6) is 0.0691. The predicted octanol–water partition coefficient (Wildman–Crippen LogP) is 3.69. The molecule has 27 heavy (non-hydrogen) atoms. The summed E-state index contributed by atoms with van der Waals surface area (Å²) in [4.78, 5) is 24.3. The van der Waals surface area contributed by atoms with Gasteiger partial charge in [-0.2, -0.15) is 9.78 Å². The van der Waals surface area contributed by atoms with Crippen molar-refractivity contribution in [2.24, 2.45) is 5.92 Å². The number of phenolic OH excluding ortho intramolecular Hbond substituents is 1. The molecule has 3 rings (SSSR count). The molecule has 1 saturated carbocycles. The lowest BCUT2D eigenvalue weighted by Crippen LogP contribution is -2.35. The first kappa shape index (κ1) is 18.9. The number of carbonyl (C=O) groups is 2. The Labute approximate surface area is 158 Å². The zero-order chi connectivity index (χ0) is 19.7. The van der Waals surface area contributed by atoms with E-state index in [1.54, 1.807) is 26.0 Å². The van der Waals surface area contributed by atoms with E-state index in [1.807, 2.05) is 19.9 Å². The highest BCUT2D eigenvalue weighted by Gasteiger charge is 2.30. The number of amides is 2. The van der Waals surface area contributed by atoms with Crippen LogP contribution in [0.1, 0.15) is 52.1 Å². The van der Waals surface area contributed by atoms with Crippen molar-refractivity contribution in [2.45, 2.75) is 52.5 Å². The maximum absolute atomic E-state index is 12.5. The van der Waals surface area contributed by atoms with Crippen LogP contribution in [0.25, 0.3) is 11.3 Å². The average molecular weight is 370 g/mol. The standard InChI is InChI=1S/C20H26N4O3/c1-11(2)19(26)22-14-7-8-15(18(25)9-14)16-10-17(13-5-6-13)24(23-16)20(27)21-12(3)4/h7-13,25H,5-6H2,1-4H3,(H,21,27)(H,22,26). The first-order valence-electron chi connectivity index (χ1n) is 9.31. The molecule has 0 radical (unpaired) electrons. The molecule has 0 bridgehead atoms. The zero-order valence-electron chi connectivity index (χ0n) is 16.1. The van der Waals surface area contributed by atoms with E-state index >= 15 is 0 Å². The molecule has 1 aliphatic rings. The summed E-state index contributed by atoms with van der Waals surface area (Å²) >= 11 is 0. The number of aromatic nitrogens is 2. The largest absolute Gasteiger partial charge is 0.507 e. The lowest BCUT2D eigenvalue weighted by Gasteiger charge is -2.10. The summed E-state index contributed by atoms with van der Waals surface area (Å²) in [5, 5.41) is 20.5. The molecule has 0 atom stereocenters. The summed E-state index contributed by atoms with van der Waals surface area (Å²) in [5.41, 5.74) is 2.44. The molecule has 1 aliphatic carbocycles.